The Labute approximate surface area is 148 Å². The van der Waals surface area contributed by atoms with Crippen molar-refractivity contribution in [3.8, 4) is 0 Å². The molecule has 1 unspecified atom stereocenters. The number of hydrogen-bond acceptors (Lipinski definition) is 4. The summed E-state index contributed by atoms with van der Waals surface area (Å²) in [6.07, 6.45) is 2.29. The second-order valence-electron chi connectivity index (χ2n) is 6.27. The Morgan fingerprint density at radius 1 is 1.32 bits per heavy atom. The maximum atomic E-state index is 12.4. The number of anilines is 1. The van der Waals surface area contributed by atoms with Gasteiger partial charge in [0, 0.05) is 25.2 Å². The molecule has 0 spiro atoms. The van der Waals surface area contributed by atoms with Crippen LogP contribution in [0.1, 0.15) is 39.2 Å². The number of nitrogens with one attached hydrogen (secondary N) is 2. The van der Waals surface area contributed by atoms with Crippen molar-refractivity contribution in [2.45, 2.75) is 51.0 Å². The van der Waals surface area contributed by atoms with E-state index in [1.165, 1.54) is 13.0 Å². The van der Waals surface area contributed by atoms with E-state index in [0.29, 0.717) is 6.54 Å². The molecule has 2 amide bonds. The van der Waals surface area contributed by atoms with E-state index in [2.05, 4.69) is 10.0 Å². The average Bonchev–Trinajstić information content (AvgIpc) is 2.58. The van der Waals surface area contributed by atoms with E-state index >= 15 is 0 Å². The third-order valence-corrected chi connectivity index (χ3v) is 5.70. The minimum Gasteiger partial charge on any atom is -0.353 e. The molecule has 0 bridgehead atoms. The molecule has 1 aromatic carbocycles. The van der Waals surface area contributed by atoms with E-state index in [4.69, 9.17) is 0 Å². The lowest BCUT2D eigenvalue weighted by Crippen LogP contribution is -2.40. The van der Waals surface area contributed by atoms with Gasteiger partial charge in [-0.15, -0.1) is 0 Å². The summed E-state index contributed by atoms with van der Waals surface area (Å²) in [5.74, 6) is -0.421. The zero-order valence-corrected chi connectivity index (χ0v) is 15.6. The normalized spacial score (nSPS) is 15.4. The molecule has 1 aliphatic heterocycles. The van der Waals surface area contributed by atoms with Crippen molar-refractivity contribution >= 4 is 27.5 Å². The largest absolute Gasteiger partial charge is 0.353 e. The standard InChI is InChI=1S/C17H25N3O4S/c1-4-12(2)19-17(22)11-18-25(23,24)15-7-8-16-14(10-15)6-5-9-20(16)13(3)21/h7-8,10,12,18H,4-6,9,11H2,1-3H3,(H,19,22). The number of hydrogen-bond donors (Lipinski definition) is 2. The first-order chi connectivity index (χ1) is 11.7. The quantitative estimate of drug-likeness (QED) is 0.789. The number of rotatable bonds is 6. The zero-order valence-electron chi connectivity index (χ0n) is 14.8. The highest BCUT2D eigenvalue weighted by Crippen LogP contribution is 2.29. The number of carbonyl (C=O) groups excluding carboxylic acids is 2. The lowest BCUT2D eigenvalue weighted by molar-refractivity contribution is -0.120. The van der Waals surface area contributed by atoms with Crippen molar-refractivity contribution in [3.63, 3.8) is 0 Å². The van der Waals surface area contributed by atoms with Gasteiger partial charge in [-0.2, -0.15) is 0 Å². The Bertz CT molecular complexity index is 761. The first-order valence-electron chi connectivity index (χ1n) is 8.44. The SMILES string of the molecule is CCC(C)NC(=O)CNS(=O)(=O)c1ccc2c(c1)CCCN2C(C)=O. The minimum atomic E-state index is -3.78. The summed E-state index contributed by atoms with van der Waals surface area (Å²) in [6, 6.07) is 4.70. The van der Waals surface area contributed by atoms with Crippen LogP contribution in [0.3, 0.4) is 0 Å². The van der Waals surface area contributed by atoms with E-state index in [1.54, 1.807) is 17.0 Å². The fourth-order valence-corrected chi connectivity index (χ4v) is 3.77. The van der Waals surface area contributed by atoms with Gasteiger partial charge in [0.05, 0.1) is 11.4 Å². The number of benzene rings is 1. The summed E-state index contributed by atoms with van der Waals surface area (Å²) < 4.78 is 27.2. The van der Waals surface area contributed by atoms with Gasteiger partial charge in [0.2, 0.25) is 21.8 Å². The summed E-state index contributed by atoms with van der Waals surface area (Å²) in [5.41, 5.74) is 1.58. The Kier molecular flexibility index (Phi) is 6.18. The molecule has 0 fully saturated rings. The van der Waals surface area contributed by atoms with Crippen LogP contribution in [0.4, 0.5) is 5.69 Å². The lowest BCUT2D eigenvalue weighted by atomic mass is 10.0. The van der Waals surface area contributed by atoms with Gasteiger partial charge in [-0.1, -0.05) is 6.92 Å². The van der Waals surface area contributed by atoms with Crippen LogP contribution in [-0.4, -0.2) is 39.4 Å². The molecule has 2 rings (SSSR count). The predicted molar refractivity (Wildman–Crippen MR) is 95.9 cm³/mol. The van der Waals surface area contributed by atoms with E-state index in [9.17, 15) is 18.0 Å². The summed E-state index contributed by atoms with van der Waals surface area (Å²) in [7, 11) is -3.78. The highest BCUT2D eigenvalue weighted by Gasteiger charge is 2.23. The maximum absolute atomic E-state index is 12.4. The molecule has 1 atom stereocenters. The van der Waals surface area contributed by atoms with Crippen molar-refractivity contribution in [2.24, 2.45) is 0 Å². The lowest BCUT2D eigenvalue weighted by Gasteiger charge is -2.28. The number of fused-ring (bicyclic) bond motifs is 1. The molecule has 0 aliphatic carbocycles. The summed E-state index contributed by atoms with van der Waals surface area (Å²) in [5, 5.41) is 2.71. The maximum Gasteiger partial charge on any atom is 0.241 e. The van der Waals surface area contributed by atoms with Crippen LogP contribution < -0.4 is 14.9 Å². The van der Waals surface area contributed by atoms with E-state index in [1.807, 2.05) is 13.8 Å². The highest BCUT2D eigenvalue weighted by atomic mass is 32.2. The molecule has 25 heavy (non-hydrogen) atoms. The molecule has 7 nitrogen and oxygen atoms in total. The first kappa shape index (κ1) is 19.4. The zero-order chi connectivity index (χ0) is 18.6. The molecular weight excluding hydrogens is 342 g/mol. The van der Waals surface area contributed by atoms with Crippen LogP contribution in [0.25, 0.3) is 0 Å². The van der Waals surface area contributed by atoms with E-state index < -0.39 is 10.0 Å². The van der Waals surface area contributed by atoms with Gasteiger partial charge in [-0.3, -0.25) is 9.59 Å². The van der Waals surface area contributed by atoms with Crippen LogP contribution >= 0.6 is 0 Å². The van der Waals surface area contributed by atoms with Crippen LogP contribution in [-0.2, 0) is 26.0 Å². The monoisotopic (exact) mass is 367 g/mol. The summed E-state index contributed by atoms with van der Waals surface area (Å²) in [6.45, 7) is 5.63. The summed E-state index contributed by atoms with van der Waals surface area (Å²) >= 11 is 0. The van der Waals surface area contributed by atoms with Crippen molar-refractivity contribution < 1.29 is 18.0 Å². The predicted octanol–water partition coefficient (Wildman–Crippen LogP) is 1.18. The summed E-state index contributed by atoms with van der Waals surface area (Å²) in [4.78, 5) is 25.2. The van der Waals surface area contributed by atoms with Crippen LogP contribution in [0.2, 0.25) is 0 Å². The Morgan fingerprint density at radius 2 is 2.04 bits per heavy atom. The van der Waals surface area contributed by atoms with Crippen molar-refractivity contribution in [3.05, 3.63) is 23.8 Å². The van der Waals surface area contributed by atoms with Crippen molar-refractivity contribution in [2.75, 3.05) is 18.0 Å². The molecule has 8 heteroatoms. The fourth-order valence-electron chi connectivity index (χ4n) is 2.74. The van der Waals surface area contributed by atoms with Gasteiger partial charge in [-0.25, -0.2) is 13.1 Å². The van der Waals surface area contributed by atoms with E-state index in [0.717, 1.165) is 30.5 Å². The third kappa shape index (κ3) is 4.79. The van der Waals surface area contributed by atoms with E-state index in [-0.39, 0.29) is 29.3 Å². The van der Waals surface area contributed by atoms with Crippen molar-refractivity contribution in [1.82, 2.24) is 10.0 Å². The Balaban J connectivity index is 2.12. The molecule has 1 heterocycles. The molecule has 2 N–H and O–H groups in total. The smallest absolute Gasteiger partial charge is 0.241 e. The molecular formula is C17H25N3O4S. The molecule has 0 saturated carbocycles. The molecule has 1 aliphatic rings. The third-order valence-electron chi connectivity index (χ3n) is 4.30. The van der Waals surface area contributed by atoms with Crippen molar-refractivity contribution in [1.29, 1.82) is 0 Å². The number of aryl methyl sites for hydroxylation is 1. The van der Waals surface area contributed by atoms with Crippen LogP contribution in [0, 0.1) is 0 Å². The van der Waals surface area contributed by atoms with Gasteiger partial charge in [0.15, 0.2) is 0 Å². The van der Waals surface area contributed by atoms with Gasteiger partial charge >= 0.3 is 0 Å². The van der Waals surface area contributed by atoms with Crippen LogP contribution in [0.15, 0.2) is 23.1 Å². The van der Waals surface area contributed by atoms with Gasteiger partial charge in [-0.05, 0) is 49.9 Å². The number of sulfonamides is 1. The molecule has 0 radical (unpaired) electrons. The van der Waals surface area contributed by atoms with Gasteiger partial charge < -0.3 is 10.2 Å². The molecule has 0 aromatic heterocycles. The molecule has 0 saturated heterocycles. The highest BCUT2D eigenvalue weighted by molar-refractivity contribution is 7.89. The van der Waals surface area contributed by atoms with Gasteiger partial charge in [0.25, 0.3) is 0 Å². The number of nitrogens with zero attached hydrogens (tertiary/aromatic N) is 1. The fraction of sp³-hybridized carbons (Fsp3) is 0.529. The average molecular weight is 367 g/mol. The molecule has 138 valence electrons. The first-order valence-corrected chi connectivity index (χ1v) is 9.93. The minimum absolute atomic E-state index is 0.00156. The van der Waals surface area contributed by atoms with Gasteiger partial charge in [0.1, 0.15) is 0 Å². The second kappa shape index (κ2) is 7.97. The Morgan fingerprint density at radius 3 is 2.68 bits per heavy atom. The second-order valence-corrected chi connectivity index (χ2v) is 8.03. The van der Waals surface area contributed by atoms with Crippen LogP contribution in [0.5, 0.6) is 0 Å². The Hall–Kier alpha value is -1.93. The number of amides is 2. The topological polar surface area (TPSA) is 95.6 Å². The number of carbonyl (C=O) groups is 2. The molecule has 1 aromatic rings.